The van der Waals surface area contributed by atoms with E-state index >= 15 is 0 Å². The van der Waals surface area contributed by atoms with Crippen LogP contribution in [0.5, 0.6) is 0 Å². The van der Waals surface area contributed by atoms with Crippen LogP contribution < -0.4 is 5.32 Å². The molecule has 5 heteroatoms. The highest BCUT2D eigenvalue weighted by Crippen LogP contribution is 2.22. The quantitative estimate of drug-likeness (QED) is 0.793. The Morgan fingerprint density at radius 1 is 1.44 bits per heavy atom. The van der Waals surface area contributed by atoms with Gasteiger partial charge in [0.15, 0.2) is 0 Å². The van der Waals surface area contributed by atoms with Gasteiger partial charge in [-0.1, -0.05) is 18.5 Å². The second-order valence-corrected chi connectivity index (χ2v) is 5.37. The van der Waals surface area contributed by atoms with Crippen molar-refractivity contribution in [3.63, 3.8) is 0 Å². The average molecular weight is 268 g/mol. The number of nitrogens with zero attached hydrogens (tertiary/aromatic N) is 2. The first kappa shape index (κ1) is 13.1. The summed E-state index contributed by atoms with van der Waals surface area (Å²) >= 11 is 5.70. The summed E-state index contributed by atoms with van der Waals surface area (Å²) in [4.78, 5) is 18.0. The Balaban J connectivity index is 2.00. The van der Waals surface area contributed by atoms with Crippen LogP contribution in [0.2, 0.25) is 5.15 Å². The fourth-order valence-electron chi connectivity index (χ4n) is 2.22. The standard InChI is InChI=1S/C13H18ClN3O/c1-9-3-4-10(2)17(8-9)13(18)16-11-5-6-12(14)15-7-11/h5-7,9-10H,3-4,8H2,1-2H3,(H,16,18)/t9-,10+/m0/s1. The van der Waals surface area contributed by atoms with Crippen LogP contribution in [0.15, 0.2) is 18.3 Å². The fraction of sp³-hybridized carbons (Fsp3) is 0.538. The molecule has 1 aromatic heterocycles. The number of aromatic nitrogens is 1. The molecule has 18 heavy (non-hydrogen) atoms. The third-order valence-corrected chi connectivity index (χ3v) is 3.58. The number of amides is 2. The summed E-state index contributed by atoms with van der Waals surface area (Å²) in [6, 6.07) is 3.66. The van der Waals surface area contributed by atoms with E-state index in [0.29, 0.717) is 22.8 Å². The highest BCUT2D eigenvalue weighted by Gasteiger charge is 2.26. The maximum atomic E-state index is 12.2. The molecular weight excluding hydrogens is 250 g/mol. The number of carbonyl (C=O) groups excluding carboxylic acids is 1. The van der Waals surface area contributed by atoms with Gasteiger partial charge in [0.25, 0.3) is 0 Å². The van der Waals surface area contributed by atoms with Gasteiger partial charge < -0.3 is 10.2 Å². The molecule has 0 bridgehead atoms. The molecule has 2 rings (SSSR count). The summed E-state index contributed by atoms with van der Waals surface area (Å²) in [5, 5.41) is 3.28. The first-order valence-corrected chi connectivity index (χ1v) is 6.63. The largest absolute Gasteiger partial charge is 0.322 e. The van der Waals surface area contributed by atoms with Crippen LogP contribution in [0.4, 0.5) is 10.5 Å². The molecule has 1 aliphatic heterocycles. The molecule has 1 aromatic rings. The molecule has 1 aliphatic rings. The lowest BCUT2D eigenvalue weighted by molar-refractivity contribution is 0.147. The summed E-state index contributed by atoms with van der Waals surface area (Å²) in [5.41, 5.74) is 0.676. The van der Waals surface area contributed by atoms with Crippen molar-refractivity contribution >= 4 is 23.3 Å². The first-order valence-electron chi connectivity index (χ1n) is 6.25. The normalized spacial score (nSPS) is 23.8. The number of nitrogens with one attached hydrogen (secondary N) is 1. The van der Waals surface area contributed by atoms with Gasteiger partial charge in [-0.15, -0.1) is 0 Å². The molecule has 2 heterocycles. The van der Waals surface area contributed by atoms with Crippen LogP contribution in [-0.4, -0.2) is 28.5 Å². The van der Waals surface area contributed by atoms with Crippen LogP contribution in [-0.2, 0) is 0 Å². The van der Waals surface area contributed by atoms with E-state index < -0.39 is 0 Å². The SMILES string of the molecule is C[C@H]1CC[C@@H](C)N(C(=O)Nc2ccc(Cl)nc2)C1. The lowest BCUT2D eigenvalue weighted by Gasteiger charge is -2.36. The maximum absolute atomic E-state index is 12.2. The highest BCUT2D eigenvalue weighted by molar-refractivity contribution is 6.29. The van der Waals surface area contributed by atoms with Crippen molar-refractivity contribution in [1.29, 1.82) is 0 Å². The molecule has 0 aliphatic carbocycles. The van der Waals surface area contributed by atoms with Crippen LogP contribution in [0.3, 0.4) is 0 Å². The number of anilines is 1. The molecule has 0 unspecified atom stereocenters. The number of halogens is 1. The summed E-state index contributed by atoms with van der Waals surface area (Å²) < 4.78 is 0. The van der Waals surface area contributed by atoms with Crippen molar-refractivity contribution in [2.45, 2.75) is 32.7 Å². The van der Waals surface area contributed by atoms with E-state index in [1.165, 1.54) is 6.42 Å². The summed E-state index contributed by atoms with van der Waals surface area (Å²) in [7, 11) is 0. The van der Waals surface area contributed by atoms with Crippen molar-refractivity contribution in [2.75, 3.05) is 11.9 Å². The molecule has 1 saturated heterocycles. The highest BCUT2D eigenvalue weighted by atomic mass is 35.5. The lowest BCUT2D eigenvalue weighted by atomic mass is 9.95. The Labute approximate surface area is 112 Å². The van der Waals surface area contributed by atoms with Crippen LogP contribution >= 0.6 is 11.6 Å². The molecule has 0 aromatic carbocycles. The molecule has 2 amide bonds. The van der Waals surface area contributed by atoms with Gasteiger partial charge in [-0.25, -0.2) is 9.78 Å². The van der Waals surface area contributed by atoms with Crippen molar-refractivity contribution in [3.8, 4) is 0 Å². The summed E-state index contributed by atoms with van der Waals surface area (Å²) in [6.45, 7) is 5.08. The van der Waals surface area contributed by atoms with Crippen molar-refractivity contribution < 1.29 is 4.79 Å². The van der Waals surface area contributed by atoms with Gasteiger partial charge in [0, 0.05) is 12.6 Å². The summed E-state index contributed by atoms with van der Waals surface area (Å²) in [5.74, 6) is 0.565. The number of carbonyl (C=O) groups is 1. The van der Waals surface area contributed by atoms with E-state index in [1.807, 2.05) is 4.90 Å². The lowest BCUT2D eigenvalue weighted by Crippen LogP contribution is -2.46. The van der Waals surface area contributed by atoms with E-state index in [0.717, 1.165) is 13.0 Å². The zero-order valence-electron chi connectivity index (χ0n) is 10.7. The number of likely N-dealkylation sites (tertiary alicyclic amines) is 1. The van der Waals surface area contributed by atoms with Gasteiger partial charge in [-0.2, -0.15) is 0 Å². The van der Waals surface area contributed by atoms with Crippen molar-refractivity contribution in [3.05, 3.63) is 23.5 Å². The van der Waals surface area contributed by atoms with E-state index in [4.69, 9.17) is 11.6 Å². The first-order chi connectivity index (χ1) is 8.56. The minimum atomic E-state index is -0.0572. The number of rotatable bonds is 1. The number of hydrogen-bond acceptors (Lipinski definition) is 2. The maximum Gasteiger partial charge on any atom is 0.322 e. The predicted molar refractivity (Wildman–Crippen MR) is 72.8 cm³/mol. The number of urea groups is 1. The molecule has 98 valence electrons. The fourth-order valence-corrected chi connectivity index (χ4v) is 2.33. The van der Waals surface area contributed by atoms with Gasteiger partial charge in [-0.05, 0) is 37.8 Å². The second kappa shape index (κ2) is 5.57. The van der Waals surface area contributed by atoms with E-state index in [9.17, 15) is 4.79 Å². The number of piperidine rings is 1. The Morgan fingerprint density at radius 2 is 2.22 bits per heavy atom. The van der Waals surface area contributed by atoms with Gasteiger partial charge in [0.2, 0.25) is 0 Å². The van der Waals surface area contributed by atoms with E-state index in [1.54, 1.807) is 18.3 Å². The molecule has 1 fully saturated rings. The molecule has 0 saturated carbocycles. The van der Waals surface area contributed by atoms with Gasteiger partial charge in [0.05, 0.1) is 11.9 Å². The van der Waals surface area contributed by atoms with Crippen LogP contribution in [0.1, 0.15) is 26.7 Å². The van der Waals surface area contributed by atoms with E-state index in [-0.39, 0.29) is 6.03 Å². The van der Waals surface area contributed by atoms with Crippen molar-refractivity contribution in [2.24, 2.45) is 5.92 Å². The topological polar surface area (TPSA) is 45.2 Å². The number of hydrogen-bond donors (Lipinski definition) is 1. The predicted octanol–water partition coefficient (Wildman–Crippen LogP) is 3.39. The Bertz CT molecular complexity index is 421. The van der Waals surface area contributed by atoms with Gasteiger partial charge in [0.1, 0.15) is 5.15 Å². The zero-order valence-corrected chi connectivity index (χ0v) is 11.4. The third-order valence-electron chi connectivity index (χ3n) is 3.36. The Hall–Kier alpha value is -1.29. The van der Waals surface area contributed by atoms with Gasteiger partial charge in [-0.3, -0.25) is 0 Å². The monoisotopic (exact) mass is 267 g/mol. The van der Waals surface area contributed by atoms with E-state index in [2.05, 4.69) is 24.1 Å². The third kappa shape index (κ3) is 3.13. The van der Waals surface area contributed by atoms with Gasteiger partial charge >= 0.3 is 6.03 Å². The summed E-state index contributed by atoms with van der Waals surface area (Å²) in [6.07, 6.45) is 3.82. The minimum absolute atomic E-state index is 0.0572. The number of pyridine rings is 1. The zero-order chi connectivity index (χ0) is 13.1. The van der Waals surface area contributed by atoms with Crippen LogP contribution in [0.25, 0.3) is 0 Å². The second-order valence-electron chi connectivity index (χ2n) is 4.98. The Kier molecular flexibility index (Phi) is 4.07. The minimum Gasteiger partial charge on any atom is -0.322 e. The Morgan fingerprint density at radius 3 is 2.89 bits per heavy atom. The smallest absolute Gasteiger partial charge is 0.322 e. The molecule has 4 nitrogen and oxygen atoms in total. The molecule has 0 spiro atoms. The molecular formula is C13H18ClN3O. The molecule has 2 atom stereocenters. The average Bonchev–Trinajstić information content (AvgIpc) is 2.35. The van der Waals surface area contributed by atoms with Crippen LogP contribution in [0, 0.1) is 5.92 Å². The molecule has 0 radical (unpaired) electrons. The van der Waals surface area contributed by atoms with Crippen molar-refractivity contribution in [1.82, 2.24) is 9.88 Å². The molecule has 1 N–H and O–H groups in total.